The van der Waals surface area contributed by atoms with E-state index in [9.17, 15) is 9.59 Å². The molecule has 1 aromatic rings. The molecule has 1 N–H and O–H groups in total. The van der Waals surface area contributed by atoms with E-state index < -0.39 is 0 Å². The molecule has 0 atom stereocenters. The number of hydrogen-bond acceptors (Lipinski definition) is 5. The zero-order valence-corrected chi connectivity index (χ0v) is 15.1. The molecule has 2 rings (SSSR count). The van der Waals surface area contributed by atoms with Gasteiger partial charge in [-0.3, -0.25) is 14.5 Å². The topological polar surface area (TPSA) is 62.6 Å². The van der Waals surface area contributed by atoms with Crippen LogP contribution in [0.4, 0.5) is 0 Å². The Morgan fingerprint density at radius 3 is 2.83 bits per heavy atom. The molecule has 0 bridgehead atoms. The summed E-state index contributed by atoms with van der Waals surface area (Å²) in [5.74, 6) is 0.469. The molecule has 23 heavy (non-hydrogen) atoms. The molecular formula is C16H20N2O3S2. The maximum absolute atomic E-state index is 12.4. The number of hydrogen-bond donors (Lipinski definition) is 1. The van der Waals surface area contributed by atoms with Crippen LogP contribution in [-0.4, -0.2) is 33.1 Å². The minimum Gasteiger partial charge on any atom is -0.465 e. The van der Waals surface area contributed by atoms with Crippen LogP contribution in [0.25, 0.3) is 6.08 Å². The van der Waals surface area contributed by atoms with Crippen LogP contribution in [-0.2, 0) is 9.59 Å². The lowest BCUT2D eigenvalue weighted by atomic mass is 10.1. The third-order valence-corrected chi connectivity index (χ3v) is 4.37. The number of furan rings is 1. The fraction of sp³-hybridized carbons (Fsp3) is 0.438. The summed E-state index contributed by atoms with van der Waals surface area (Å²) in [6.07, 6.45) is 4.18. The fourth-order valence-corrected chi connectivity index (χ4v) is 3.36. The zero-order valence-electron chi connectivity index (χ0n) is 13.4. The Hall–Kier alpha value is -1.60. The van der Waals surface area contributed by atoms with Gasteiger partial charge in [0.2, 0.25) is 5.91 Å². The molecule has 2 amide bonds. The number of carbonyl (C=O) groups is 2. The van der Waals surface area contributed by atoms with E-state index in [0.29, 0.717) is 34.4 Å². The van der Waals surface area contributed by atoms with E-state index in [4.69, 9.17) is 16.6 Å². The van der Waals surface area contributed by atoms with Crippen molar-refractivity contribution in [2.75, 3.05) is 6.54 Å². The van der Waals surface area contributed by atoms with E-state index in [1.54, 1.807) is 29.4 Å². The number of thioether (sulfide) groups is 1. The predicted octanol–water partition coefficient (Wildman–Crippen LogP) is 3.18. The first kappa shape index (κ1) is 17.7. The van der Waals surface area contributed by atoms with Gasteiger partial charge >= 0.3 is 0 Å². The van der Waals surface area contributed by atoms with Crippen molar-refractivity contribution < 1.29 is 14.0 Å². The summed E-state index contributed by atoms with van der Waals surface area (Å²) in [5, 5.41) is 2.90. The van der Waals surface area contributed by atoms with Crippen LogP contribution in [0.5, 0.6) is 0 Å². The van der Waals surface area contributed by atoms with Gasteiger partial charge in [-0.15, -0.1) is 0 Å². The monoisotopic (exact) mass is 352 g/mol. The van der Waals surface area contributed by atoms with E-state index in [0.717, 1.165) is 0 Å². The Morgan fingerprint density at radius 1 is 1.48 bits per heavy atom. The van der Waals surface area contributed by atoms with Crippen molar-refractivity contribution in [1.29, 1.82) is 0 Å². The van der Waals surface area contributed by atoms with Gasteiger partial charge in [-0.25, -0.2) is 0 Å². The number of nitrogens with zero attached hydrogens (tertiary/aromatic N) is 1. The molecule has 124 valence electrons. The third-order valence-electron chi connectivity index (χ3n) is 2.99. The van der Waals surface area contributed by atoms with E-state index in [1.165, 1.54) is 11.8 Å². The summed E-state index contributed by atoms with van der Waals surface area (Å²) < 4.78 is 5.73. The number of nitrogens with one attached hydrogen (secondary N) is 1. The highest BCUT2D eigenvalue weighted by molar-refractivity contribution is 8.26. The van der Waals surface area contributed by atoms with Crippen LogP contribution < -0.4 is 5.32 Å². The van der Waals surface area contributed by atoms with Crippen LogP contribution in [0.15, 0.2) is 27.7 Å². The Bertz CT molecular complexity index is 630. The summed E-state index contributed by atoms with van der Waals surface area (Å²) in [4.78, 5) is 26.2. The van der Waals surface area contributed by atoms with Crippen LogP contribution >= 0.6 is 24.0 Å². The largest absolute Gasteiger partial charge is 0.465 e. The Kier molecular flexibility index (Phi) is 5.64. The van der Waals surface area contributed by atoms with Crippen molar-refractivity contribution in [1.82, 2.24) is 10.2 Å². The molecule has 1 saturated heterocycles. The first-order chi connectivity index (χ1) is 10.8. The summed E-state index contributed by atoms with van der Waals surface area (Å²) in [7, 11) is 0. The minimum absolute atomic E-state index is 0.0194. The highest BCUT2D eigenvalue weighted by atomic mass is 32.2. The second-order valence-electron chi connectivity index (χ2n) is 6.25. The average Bonchev–Trinajstić information content (AvgIpc) is 3.01. The van der Waals surface area contributed by atoms with Crippen molar-refractivity contribution in [3.63, 3.8) is 0 Å². The van der Waals surface area contributed by atoms with Gasteiger partial charge in [0, 0.05) is 24.6 Å². The molecule has 1 fully saturated rings. The molecule has 0 saturated carbocycles. The van der Waals surface area contributed by atoms with Gasteiger partial charge in [0.1, 0.15) is 10.1 Å². The quantitative estimate of drug-likeness (QED) is 0.651. The lowest BCUT2D eigenvalue weighted by Gasteiger charge is -2.21. The van der Waals surface area contributed by atoms with E-state index in [2.05, 4.69) is 5.32 Å². The van der Waals surface area contributed by atoms with Crippen molar-refractivity contribution in [2.24, 2.45) is 0 Å². The number of rotatable bonds is 5. The molecule has 1 aliphatic heterocycles. The third kappa shape index (κ3) is 5.21. The van der Waals surface area contributed by atoms with Crippen LogP contribution in [0.2, 0.25) is 0 Å². The molecule has 0 aromatic carbocycles. The van der Waals surface area contributed by atoms with E-state index in [1.807, 2.05) is 20.8 Å². The standard InChI is InChI=1S/C16H20N2O3S2/c1-16(2,3)17-13(19)7-4-8-18-14(20)12(23-15(18)22)10-11-6-5-9-21-11/h5-6,9-10H,4,7-8H2,1-3H3,(H,17,19)/b12-10-. The van der Waals surface area contributed by atoms with Crippen molar-refractivity contribution in [3.8, 4) is 0 Å². The van der Waals surface area contributed by atoms with Crippen molar-refractivity contribution in [2.45, 2.75) is 39.2 Å². The fourth-order valence-electron chi connectivity index (χ4n) is 2.07. The lowest BCUT2D eigenvalue weighted by molar-refractivity contribution is -0.124. The highest BCUT2D eigenvalue weighted by Crippen LogP contribution is 2.32. The zero-order chi connectivity index (χ0) is 17.0. The van der Waals surface area contributed by atoms with Gasteiger partial charge < -0.3 is 9.73 Å². The second-order valence-corrected chi connectivity index (χ2v) is 7.93. The van der Waals surface area contributed by atoms with Crippen LogP contribution in [0.3, 0.4) is 0 Å². The van der Waals surface area contributed by atoms with Gasteiger partial charge in [0.15, 0.2) is 0 Å². The summed E-state index contributed by atoms with van der Waals surface area (Å²) >= 11 is 6.51. The van der Waals surface area contributed by atoms with Gasteiger partial charge in [-0.1, -0.05) is 24.0 Å². The number of amides is 2. The lowest BCUT2D eigenvalue weighted by Crippen LogP contribution is -2.40. The molecule has 0 aliphatic carbocycles. The molecular weight excluding hydrogens is 332 g/mol. The Morgan fingerprint density at radius 2 is 2.22 bits per heavy atom. The average molecular weight is 352 g/mol. The molecule has 7 heteroatoms. The highest BCUT2D eigenvalue weighted by Gasteiger charge is 2.31. The molecule has 0 radical (unpaired) electrons. The first-order valence-corrected chi connectivity index (χ1v) is 8.58. The van der Waals surface area contributed by atoms with E-state index in [-0.39, 0.29) is 17.4 Å². The molecule has 1 aliphatic rings. The van der Waals surface area contributed by atoms with Crippen molar-refractivity contribution >= 4 is 46.2 Å². The normalized spacial score (nSPS) is 17.2. The molecule has 5 nitrogen and oxygen atoms in total. The second kappa shape index (κ2) is 7.31. The Labute approximate surface area is 145 Å². The summed E-state index contributed by atoms with van der Waals surface area (Å²) in [6, 6.07) is 3.55. The molecule has 1 aromatic heterocycles. The molecule has 2 heterocycles. The smallest absolute Gasteiger partial charge is 0.266 e. The maximum atomic E-state index is 12.4. The van der Waals surface area contributed by atoms with Gasteiger partial charge in [0.05, 0.1) is 11.2 Å². The maximum Gasteiger partial charge on any atom is 0.266 e. The predicted molar refractivity (Wildman–Crippen MR) is 95.7 cm³/mol. The summed E-state index contributed by atoms with van der Waals surface area (Å²) in [6.45, 7) is 6.25. The van der Waals surface area contributed by atoms with Gasteiger partial charge in [-0.2, -0.15) is 0 Å². The van der Waals surface area contributed by atoms with Crippen LogP contribution in [0.1, 0.15) is 39.4 Å². The SMILES string of the molecule is CC(C)(C)NC(=O)CCCN1C(=O)/C(=C/c2ccco2)SC1=S. The Balaban J connectivity index is 1.88. The van der Waals surface area contributed by atoms with Gasteiger partial charge in [-0.05, 0) is 39.3 Å². The minimum atomic E-state index is -0.245. The van der Waals surface area contributed by atoms with E-state index >= 15 is 0 Å². The number of thiocarbonyl (C=S) groups is 1. The van der Waals surface area contributed by atoms with Gasteiger partial charge in [0.25, 0.3) is 5.91 Å². The number of carbonyl (C=O) groups excluding carboxylic acids is 2. The molecule has 0 unspecified atom stereocenters. The first-order valence-electron chi connectivity index (χ1n) is 7.36. The van der Waals surface area contributed by atoms with Crippen LogP contribution in [0, 0.1) is 0 Å². The van der Waals surface area contributed by atoms with Crippen molar-refractivity contribution in [3.05, 3.63) is 29.1 Å². The molecule has 0 spiro atoms. The summed E-state index contributed by atoms with van der Waals surface area (Å²) in [5.41, 5.74) is -0.245.